The summed E-state index contributed by atoms with van der Waals surface area (Å²) in [4.78, 5) is 20.2. The first kappa shape index (κ1) is 11.1. The first-order valence-corrected chi connectivity index (χ1v) is 3.49. The van der Waals surface area contributed by atoms with Gasteiger partial charge in [0.25, 0.3) is 0 Å². The summed E-state index contributed by atoms with van der Waals surface area (Å²) >= 11 is 0. The standard InChI is InChI=1S/C7H12O5/c1-6(8)4-11-2-3-12-5-7(9)10/h2-5H2,1H3,(H,9,10). The number of carboxylic acid groups (broad SMARTS) is 1. The van der Waals surface area contributed by atoms with E-state index in [1.807, 2.05) is 0 Å². The van der Waals surface area contributed by atoms with E-state index >= 15 is 0 Å². The Bertz CT molecular complexity index is 136. The smallest absolute Gasteiger partial charge is 0.329 e. The van der Waals surface area contributed by atoms with Crippen LogP contribution in [-0.4, -0.2) is 43.3 Å². The van der Waals surface area contributed by atoms with E-state index in [4.69, 9.17) is 9.84 Å². The molecule has 0 aliphatic carbocycles. The molecule has 0 aliphatic heterocycles. The van der Waals surface area contributed by atoms with Crippen LogP contribution < -0.4 is 0 Å². The molecule has 70 valence electrons. The van der Waals surface area contributed by atoms with Crippen molar-refractivity contribution in [3.8, 4) is 0 Å². The second-order valence-electron chi connectivity index (χ2n) is 2.20. The van der Waals surface area contributed by atoms with Crippen molar-refractivity contribution < 1.29 is 24.2 Å². The predicted molar refractivity (Wildman–Crippen MR) is 40.0 cm³/mol. The summed E-state index contributed by atoms with van der Waals surface area (Å²) in [5.41, 5.74) is 0. The van der Waals surface area contributed by atoms with Crippen molar-refractivity contribution in [2.24, 2.45) is 0 Å². The maximum absolute atomic E-state index is 10.3. The highest BCUT2D eigenvalue weighted by molar-refractivity contribution is 5.76. The second kappa shape index (κ2) is 6.75. The van der Waals surface area contributed by atoms with E-state index in [2.05, 4.69) is 4.74 Å². The third-order valence-electron chi connectivity index (χ3n) is 0.903. The minimum absolute atomic E-state index is 0.0520. The Morgan fingerprint density at radius 1 is 1.17 bits per heavy atom. The average Bonchev–Trinajstić information content (AvgIpc) is 1.95. The normalized spacial score (nSPS) is 9.75. The lowest BCUT2D eigenvalue weighted by Gasteiger charge is -2.01. The highest BCUT2D eigenvalue weighted by atomic mass is 16.5. The van der Waals surface area contributed by atoms with Gasteiger partial charge >= 0.3 is 5.97 Å². The Morgan fingerprint density at radius 2 is 1.67 bits per heavy atom. The van der Waals surface area contributed by atoms with Crippen molar-refractivity contribution in [3.63, 3.8) is 0 Å². The molecular weight excluding hydrogens is 164 g/mol. The number of ether oxygens (including phenoxy) is 2. The molecule has 0 unspecified atom stereocenters. The quantitative estimate of drug-likeness (QED) is 0.539. The predicted octanol–water partition coefficient (Wildman–Crippen LogP) is -0.307. The monoisotopic (exact) mass is 176 g/mol. The molecule has 12 heavy (non-hydrogen) atoms. The van der Waals surface area contributed by atoms with E-state index in [-0.39, 0.29) is 32.2 Å². The molecule has 0 aliphatic rings. The van der Waals surface area contributed by atoms with Gasteiger partial charge in [0.05, 0.1) is 13.2 Å². The molecule has 0 aromatic carbocycles. The Labute approximate surface area is 70.3 Å². The summed E-state index contributed by atoms with van der Waals surface area (Å²) < 4.78 is 9.45. The molecule has 0 radical (unpaired) electrons. The summed E-state index contributed by atoms with van der Waals surface area (Å²) in [6.07, 6.45) is 0. The van der Waals surface area contributed by atoms with Crippen LogP contribution in [0.2, 0.25) is 0 Å². The second-order valence-corrected chi connectivity index (χ2v) is 2.20. The topological polar surface area (TPSA) is 72.8 Å². The van der Waals surface area contributed by atoms with Crippen molar-refractivity contribution in [1.29, 1.82) is 0 Å². The van der Waals surface area contributed by atoms with Crippen molar-refractivity contribution in [2.45, 2.75) is 6.92 Å². The zero-order chi connectivity index (χ0) is 9.40. The number of carbonyl (C=O) groups is 2. The number of hydrogen-bond donors (Lipinski definition) is 1. The van der Waals surface area contributed by atoms with Gasteiger partial charge in [-0.1, -0.05) is 0 Å². The molecular formula is C7H12O5. The first-order chi connectivity index (χ1) is 5.63. The summed E-state index contributed by atoms with van der Waals surface area (Å²) in [6, 6.07) is 0. The third kappa shape index (κ3) is 9.06. The van der Waals surface area contributed by atoms with Gasteiger partial charge in [-0.25, -0.2) is 4.79 Å². The molecule has 0 bridgehead atoms. The molecule has 0 atom stereocenters. The molecule has 0 aromatic rings. The Kier molecular flexibility index (Phi) is 6.22. The molecule has 0 aromatic heterocycles. The molecule has 0 rings (SSSR count). The van der Waals surface area contributed by atoms with Gasteiger partial charge in [0, 0.05) is 0 Å². The summed E-state index contributed by atoms with van der Waals surface area (Å²) in [5, 5.41) is 8.14. The lowest BCUT2D eigenvalue weighted by atomic mass is 10.5. The molecule has 0 heterocycles. The van der Waals surface area contributed by atoms with Crippen LogP contribution in [0.5, 0.6) is 0 Å². The molecule has 5 nitrogen and oxygen atoms in total. The van der Waals surface area contributed by atoms with Crippen molar-refractivity contribution in [3.05, 3.63) is 0 Å². The number of Topliss-reactive ketones (excluding diaryl/α,β-unsaturated/α-hetero) is 1. The number of carbonyl (C=O) groups excluding carboxylic acids is 1. The summed E-state index contributed by atoms with van der Waals surface area (Å²) in [7, 11) is 0. The SMILES string of the molecule is CC(=O)COCCOCC(=O)O. The van der Waals surface area contributed by atoms with E-state index in [1.54, 1.807) is 0 Å². The highest BCUT2D eigenvalue weighted by Gasteiger charge is 1.96. The molecule has 0 fully saturated rings. The van der Waals surface area contributed by atoms with Crippen molar-refractivity contribution in [1.82, 2.24) is 0 Å². The zero-order valence-electron chi connectivity index (χ0n) is 6.91. The molecule has 0 spiro atoms. The molecule has 1 N–H and O–H groups in total. The zero-order valence-corrected chi connectivity index (χ0v) is 6.91. The maximum Gasteiger partial charge on any atom is 0.329 e. The van der Waals surface area contributed by atoms with E-state index < -0.39 is 5.97 Å². The van der Waals surface area contributed by atoms with Crippen molar-refractivity contribution >= 4 is 11.8 Å². The fraction of sp³-hybridized carbons (Fsp3) is 0.714. The van der Waals surface area contributed by atoms with Gasteiger partial charge in [-0.15, -0.1) is 0 Å². The van der Waals surface area contributed by atoms with Crippen molar-refractivity contribution in [2.75, 3.05) is 26.4 Å². The Morgan fingerprint density at radius 3 is 2.08 bits per heavy atom. The Balaban J connectivity index is 3.01. The average molecular weight is 176 g/mol. The van der Waals surface area contributed by atoms with E-state index in [0.717, 1.165) is 0 Å². The lowest BCUT2D eigenvalue weighted by Crippen LogP contribution is -2.13. The van der Waals surface area contributed by atoms with Crippen LogP contribution in [0.15, 0.2) is 0 Å². The van der Waals surface area contributed by atoms with Gasteiger partial charge in [0.2, 0.25) is 0 Å². The van der Waals surface area contributed by atoms with Crippen LogP contribution >= 0.6 is 0 Å². The molecule has 0 saturated carbocycles. The van der Waals surface area contributed by atoms with E-state index in [1.165, 1.54) is 6.92 Å². The summed E-state index contributed by atoms with van der Waals surface area (Å²) in [6.45, 7) is 1.57. The van der Waals surface area contributed by atoms with E-state index in [0.29, 0.717) is 0 Å². The van der Waals surface area contributed by atoms with Crippen LogP contribution in [0, 0.1) is 0 Å². The molecule has 0 saturated heterocycles. The van der Waals surface area contributed by atoms with Crippen LogP contribution in [0.1, 0.15) is 6.92 Å². The fourth-order valence-electron chi connectivity index (χ4n) is 0.493. The van der Waals surface area contributed by atoms with Crippen LogP contribution in [-0.2, 0) is 19.1 Å². The number of aliphatic carboxylic acids is 1. The van der Waals surface area contributed by atoms with Gasteiger partial charge in [0.15, 0.2) is 5.78 Å². The van der Waals surface area contributed by atoms with Gasteiger partial charge in [-0.05, 0) is 6.92 Å². The highest BCUT2D eigenvalue weighted by Crippen LogP contribution is 1.79. The summed E-state index contributed by atoms with van der Waals surface area (Å²) in [5.74, 6) is -1.07. The van der Waals surface area contributed by atoms with Gasteiger partial charge in [-0.2, -0.15) is 0 Å². The number of carboxylic acids is 1. The van der Waals surface area contributed by atoms with Gasteiger partial charge in [0.1, 0.15) is 13.2 Å². The van der Waals surface area contributed by atoms with Crippen LogP contribution in [0.25, 0.3) is 0 Å². The third-order valence-corrected chi connectivity index (χ3v) is 0.903. The van der Waals surface area contributed by atoms with Gasteiger partial charge < -0.3 is 14.6 Å². The minimum Gasteiger partial charge on any atom is -0.480 e. The largest absolute Gasteiger partial charge is 0.480 e. The lowest BCUT2D eigenvalue weighted by molar-refractivity contribution is -0.143. The number of hydrogen-bond acceptors (Lipinski definition) is 4. The fourth-order valence-corrected chi connectivity index (χ4v) is 0.493. The van der Waals surface area contributed by atoms with Gasteiger partial charge in [-0.3, -0.25) is 4.79 Å². The van der Waals surface area contributed by atoms with Crippen LogP contribution in [0.3, 0.4) is 0 Å². The van der Waals surface area contributed by atoms with E-state index in [9.17, 15) is 9.59 Å². The number of rotatable bonds is 7. The molecule has 0 amide bonds. The number of ketones is 1. The Hall–Kier alpha value is -0.940. The first-order valence-electron chi connectivity index (χ1n) is 3.49. The molecule has 5 heteroatoms. The van der Waals surface area contributed by atoms with Crippen LogP contribution in [0.4, 0.5) is 0 Å². The minimum atomic E-state index is -1.01. The maximum atomic E-state index is 10.3.